The Morgan fingerprint density at radius 1 is 1.04 bits per heavy atom. The fraction of sp³-hybridized carbons (Fsp3) is 0.211. The summed E-state index contributed by atoms with van der Waals surface area (Å²) in [6, 6.07) is 15.4. The smallest absolute Gasteiger partial charge is 0.253 e. The molecule has 0 aliphatic carbocycles. The van der Waals surface area contributed by atoms with Crippen molar-refractivity contribution in [3.8, 4) is 0 Å². The second-order valence-electron chi connectivity index (χ2n) is 5.93. The molecule has 1 amide bonds. The summed E-state index contributed by atoms with van der Waals surface area (Å²) in [5, 5.41) is 1.93. The molecule has 4 rings (SSSR count). The molecule has 0 saturated carbocycles. The van der Waals surface area contributed by atoms with Crippen LogP contribution in [-0.4, -0.2) is 28.9 Å². The van der Waals surface area contributed by atoms with Crippen LogP contribution in [0.25, 0.3) is 10.9 Å². The summed E-state index contributed by atoms with van der Waals surface area (Å²) >= 11 is 6.14. The van der Waals surface area contributed by atoms with Gasteiger partial charge in [-0.05, 0) is 42.3 Å². The van der Waals surface area contributed by atoms with Gasteiger partial charge in [0.05, 0.1) is 0 Å². The van der Waals surface area contributed by atoms with E-state index in [1.54, 1.807) is 0 Å². The Balaban J connectivity index is 1.62. The fourth-order valence-electron chi connectivity index (χ4n) is 3.35. The highest BCUT2D eigenvalue weighted by atomic mass is 35.5. The molecule has 0 spiro atoms. The van der Waals surface area contributed by atoms with Crippen molar-refractivity contribution in [1.82, 2.24) is 9.88 Å². The molecule has 116 valence electrons. The fourth-order valence-corrected chi connectivity index (χ4v) is 3.52. The molecule has 0 fully saturated rings. The van der Waals surface area contributed by atoms with E-state index < -0.39 is 0 Å². The number of benzene rings is 2. The third-order valence-electron chi connectivity index (χ3n) is 4.53. The lowest BCUT2D eigenvalue weighted by Gasteiger charge is -2.20. The predicted octanol–water partition coefficient (Wildman–Crippen LogP) is 4.06. The van der Waals surface area contributed by atoms with Gasteiger partial charge in [0.15, 0.2) is 0 Å². The number of aromatic nitrogens is 1. The van der Waals surface area contributed by atoms with E-state index in [1.165, 1.54) is 16.6 Å². The van der Waals surface area contributed by atoms with Crippen LogP contribution in [0, 0.1) is 0 Å². The molecule has 2 aromatic carbocycles. The Bertz CT molecular complexity index is 870. The first-order valence-corrected chi connectivity index (χ1v) is 8.23. The van der Waals surface area contributed by atoms with Gasteiger partial charge in [-0.3, -0.25) is 4.79 Å². The summed E-state index contributed by atoms with van der Waals surface area (Å²) in [6.45, 7) is 1.47. The number of halogens is 1. The highest BCUT2D eigenvalue weighted by Crippen LogP contribution is 2.28. The van der Waals surface area contributed by atoms with Gasteiger partial charge in [-0.2, -0.15) is 0 Å². The van der Waals surface area contributed by atoms with Crippen LogP contribution in [0.4, 0.5) is 0 Å². The number of H-pyrrole nitrogens is 1. The van der Waals surface area contributed by atoms with Gasteiger partial charge in [0.25, 0.3) is 5.91 Å². The van der Waals surface area contributed by atoms with Crippen molar-refractivity contribution >= 4 is 28.4 Å². The molecule has 2 heterocycles. The van der Waals surface area contributed by atoms with Crippen LogP contribution in [-0.2, 0) is 12.8 Å². The minimum absolute atomic E-state index is 0.109. The van der Waals surface area contributed by atoms with Crippen LogP contribution in [0.1, 0.15) is 21.6 Å². The van der Waals surface area contributed by atoms with Gasteiger partial charge in [-0.15, -0.1) is 0 Å². The summed E-state index contributed by atoms with van der Waals surface area (Å²) in [6.07, 6.45) is 1.70. The standard InChI is InChI=1S/C19H17ClN2O/c20-14-6-7-17-16(12-14)15-8-10-22(11-9-18(15)21-17)19(23)13-4-2-1-3-5-13/h1-7,12,21H,8-11H2. The highest BCUT2D eigenvalue weighted by Gasteiger charge is 2.22. The Morgan fingerprint density at radius 2 is 1.83 bits per heavy atom. The van der Waals surface area contributed by atoms with Crippen LogP contribution in [0.2, 0.25) is 5.02 Å². The number of rotatable bonds is 1. The number of hydrogen-bond donors (Lipinski definition) is 1. The first kappa shape index (κ1) is 14.3. The molecule has 0 atom stereocenters. The molecule has 1 aliphatic heterocycles. The largest absolute Gasteiger partial charge is 0.358 e. The Labute approximate surface area is 139 Å². The Kier molecular flexibility index (Phi) is 3.58. The van der Waals surface area contributed by atoms with E-state index in [2.05, 4.69) is 4.98 Å². The monoisotopic (exact) mass is 324 g/mol. The molecule has 4 heteroatoms. The minimum atomic E-state index is 0.109. The number of hydrogen-bond acceptors (Lipinski definition) is 1. The zero-order valence-corrected chi connectivity index (χ0v) is 13.4. The molecule has 3 nitrogen and oxygen atoms in total. The lowest BCUT2D eigenvalue weighted by molar-refractivity contribution is 0.0763. The van der Waals surface area contributed by atoms with Gasteiger partial charge in [0.2, 0.25) is 0 Å². The van der Waals surface area contributed by atoms with Crippen molar-refractivity contribution in [2.75, 3.05) is 13.1 Å². The first-order valence-electron chi connectivity index (χ1n) is 7.85. The molecule has 0 saturated heterocycles. The summed E-state index contributed by atoms with van der Waals surface area (Å²) in [7, 11) is 0. The van der Waals surface area contributed by atoms with Crippen LogP contribution in [0.3, 0.4) is 0 Å². The zero-order chi connectivity index (χ0) is 15.8. The van der Waals surface area contributed by atoms with E-state index in [1.807, 2.05) is 53.4 Å². The third kappa shape index (κ3) is 2.62. The average molecular weight is 325 g/mol. The number of aromatic amines is 1. The molecule has 1 aromatic heterocycles. The molecule has 0 bridgehead atoms. The molecule has 3 aromatic rings. The van der Waals surface area contributed by atoms with Crippen LogP contribution in [0.5, 0.6) is 0 Å². The van der Waals surface area contributed by atoms with Crippen molar-refractivity contribution in [3.63, 3.8) is 0 Å². The van der Waals surface area contributed by atoms with E-state index in [0.717, 1.165) is 42.0 Å². The first-order chi connectivity index (χ1) is 11.2. The topological polar surface area (TPSA) is 36.1 Å². The summed E-state index contributed by atoms with van der Waals surface area (Å²) in [5.41, 5.74) is 4.41. The summed E-state index contributed by atoms with van der Waals surface area (Å²) in [5.74, 6) is 0.109. The summed E-state index contributed by atoms with van der Waals surface area (Å²) in [4.78, 5) is 18.1. The van der Waals surface area contributed by atoms with Gasteiger partial charge >= 0.3 is 0 Å². The molecule has 1 N–H and O–H groups in total. The summed E-state index contributed by atoms with van der Waals surface area (Å²) < 4.78 is 0. The number of nitrogens with one attached hydrogen (secondary N) is 1. The SMILES string of the molecule is O=C(c1ccccc1)N1CCc2[nH]c3ccc(Cl)cc3c2CC1. The number of carbonyl (C=O) groups is 1. The molecule has 0 unspecified atom stereocenters. The second kappa shape index (κ2) is 5.74. The molecule has 1 aliphatic rings. The van der Waals surface area contributed by atoms with Crippen molar-refractivity contribution < 1.29 is 4.79 Å². The maximum Gasteiger partial charge on any atom is 0.253 e. The van der Waals surface area contributed by atoms with Gasteiger partial charge in [-0.25, -0.2) is 0 Å². The van der Waals surface area contributed by atoms with Crippen molar-refractivity contribution in [3.05, 3.63) is 70.4 Å². The van der Waals surface area contributed by atoms with Gasteiger partial charge in [-0.1, -0.05) is 29.8 Å². The van der Waals surface area contributed by atoms with Crippen LogP contribution in [0.15, 0.2) is 48.5 Å². The zero-order valence-electron chi connectivity index (χ0n) is 12.7. The Hall–Kier alpha value is -2.26. The number of carbonyl (C=O) groups excluding carboxylic acids is 1. The number of nitrogens with zero attached hydrogens (tertiary/aromatic N) is 1. The second-order valence-corrected chi connectivity index (χ2v) is 6.37. The molecule has 23 heavy (non-hydrogen) atoms. The van der Waals surface area contributed by atoms with Crippen molar-refractivity contribution in [1.29, 1.82) is 0 Å². The molecular formula is C19H17ClN2O. The maximum atomic E-state index is 12.6. The average Bonchev–Trinajstić information content (AvgIpc) is 2.78. The normalized spacial score (nSPS) is 14.6. The predicted molar refractivity (Wildman–Crippen MR) is 93.1 cm³/mol. The van der Waals surface area contributed by atoms with Gasteiger partial charge in [0, 0.05) is 46.7 Å². The van der Waals surface area contributed by atoms with E-state index in [0.29, 0.717) is 0 Å². The van der Waals surface area contributed by atoms with Crippen LogP contribution < -0.4 is 0 Å². The number of fused-ring (bicyclic) bond motifs is 3. The third-order valence-corrected chi connectivity index (χ3v) is 4.76. The molecular weight excluding hydrogens is 308 g/mol. The maximum absolute atomic E-state index is 12.6. The molecule has 0 radical (unpaired) electrons. The van der Waals surface area contributed by atoms with Gasteiger partial charge in [0.1, 0.15) is 0 Å². The lowest BCUT2D eigenvalue weighted by atomic mass is 10.1. The van der Waals surface area contributed by atoms with E-state index in [4.69, 9.17) is 11.6 Å². The number of amides is 1. The van der Waals surface area contributed by atoms with Gasteiger partial charge < -0.3 is 9.88 Å². The van der Waals surface area contributed by atoms with Crippen molar-refractivity contribution in [2.45, 2.75) is 12.8 Å². The van der Waals surface area contributed by atoms with E-state index >= 15 is 0 Å². The van der Waals surface area contributed by atoms with Crippen LogP contribution >= 0.6 is 11.6 Å². The minimum Gasteiger partial charge on any atom is -0.358 e. The van der Waals surface area contributed by atoms with E-state index in [9.17, 15) is 4.79 Å². The quantitative estimate of drug-likeness (QED) is 0.720. The lowest BCUT2D eigenvalue weighted by Crippen LogP contribution is -2.33. The Morgan fingerprint density at radius 3 is 2.65 bits per heavy atom. The highest BCUT2D eigenvalue weighted by molar-refractivity contribution is 6.31. The van der Waals surface area contributed by atoms with Crippen molar-refractivity contribution in [2.24, 2.45) is 0 Å². The van der Waals surface area contributed by atoms with E-state index in [-0.39, 0.29) is 5.91 Å².